The van der Waals surface area contributed by atoms with Crippen LogP contribution in [0.4, 0.5) is 11.8 Å². The van der Waals surface area contributed by atoms with E-state index >= 15 is 0 Å². The molecule has 9 heteroatoms. The first-order valence-corrected chi connectivity index (χ1v) is 8.43. The van der Waals surface area contributed by atoms with Crippen molar-refractivity contribution in [3.8, 4) is 0 Å². The molecule has 2 aromatic heterocycles. The predicted octanol–water partition coefficient (Wildman–Crippen LogP) is 0.0249. The molecule has 0 spiro atoms. The lowest BCUT2D eigenvalue weighted by atomic mass is 10.2. The Balaban J connectivity index is 1.59. The van der Waals surface area contributed by atoms with Gasteiger partial charge in [-0.05, 0) is 20.2 Å². The third kappa shape index (κ3) is 4.23. The Morgan fingerprint density at radius 3 is 2.84 bits per heavy atom. The number of aryl methyl sites for hydroxylation is 1. The number of nitrogens with zero attached hydrogens (tertiary/aromatic N) is 7. The lowest BCUT2D eigenvalue weighted by molar-refractivity contribution is 0.0639. The quantitative estimate of drug-likeness (QED) is 0.751. The van der Waals surface area contributed by atoms with Crippen molar-refractivity contribution in [1.82, 2.24) is 29.9 Å². The van der Waals surface area contributed by atoms with Crippen LogP contribution in [0.2, 0.25) is 0 Å². The lowest BCUT2D eigenvalue weighted by Gasteiger charge is -2.23. The van der Waals surface area contributed by atoms with E-state index in [1.807, 2.05) is 19.3 Å². The van der Waals surface area contributed by atoms with Gasteiger partial charge in [-0.3, -0.25) is 4.68 Å². The van der Waals surface area contributed by atoms with Crippen LogP contribution in [0.3, 0.4) is 0 Å². The number of rotatable bonds is 7. The molecule has 0 aromatic carbocycles. The van der Waals surface area contributed by atoms with Gasteiger partial charge in [0.25, 0.3) is 0 Å². The minimum absolute atomic E-state index is 0.179. The SMILES string of the molecule is CO[C@@H]1CN(c2ccnc(NCCc3cn(C)nn3)n2)C[C@@H]1N(C)C. The predicted molar refractivity (Wildman–Crippen MR) is 95.7 cm³/mol. The van der Waals surface area contributed by atoms with Crippen LogP contribution in [0.25, 0.3) is 0 Å². The molecule has 0 radical (unpaired) electrons. The molecule has 2 aromatic rings. The molecule has 1 aliphatic heterocycles. The topological polar surface area (TPSA) is 84.2 Å². The molecule has 0 saturated carbocycles. The van der Waals surface area contributed by atoms with Gasteiger partial charge < -0.3 is 19.9 Å². The van der Waals surface area contributed by atoms with E-state index in [1.165, 1.54) is 0 Å². The third-order valence-electron chi connectivity index (χ3n) is 4.48. The van der Waals surface area contributed by atoms with E-state index in [-0.39, 0.29) is 6.10 Å². The molecule has 9 nitrogen and oxygen atoms in total. The molecule has 25 heavy (non-hydrogen) atoms. The zero-order valence-corrected chi connectivity index (χ0v) is 15.3. The van der Waals surface area contributed by atoms with Gasteiger partial charge in [0.1, 0.15) is 5.82 Å². The molecule has 0 amide bonds. The zero-order valence-electron chi connectivity index (χ0n) is 15.3. The molecule has 0 unspecified atom stereocenters. The van der Waals surface area contributed by atoms with Crippen molar-refractivity contribution in [2.24, 2.45) is 7.05 Å². The first-order valence-electron chi connectivity index (χ1n) is 8.43. The minimum atomic E-state index is 0.179. The van der Waals surface area contributed by atoms with Crippen molar-refractivity contribution < 1.29 is 4.74 Å². The standard InChI is InChI=1S/C16H26N8O/c1-22(2)13-10-24(11-14(13)25-4)15-6-8-18-16(19-15)17-7-5-12-9-23(3)21-20-12/h6,8-9,13-14H,5,7,10-11H2,1-4H3,(H,17,18,19)/t13-,14+/m0/s1. The highest BCUT2D eigenvalue weighted by atomic mass is 16.5. The average molecular weight is 346 g/mol. The molecule has 1 aliphatic rings. The fourth-order valence-corrected chi connectivity index (χ4v) is 3.09. The highest BCUT2D eigenvalue weighted by Crippen LogP contribution is 2.22. The Labute approximate surface area is 148 Å². The molecule has 1 fully saturated rings. The first kappa shape index (κ1) is 17.6. The number of nitrogens with one attached hydrogen (secondary N) is 1. The fourth-order valence-electron chi connectivity index (χ4n) is 3.09. The number of methoxy groups -OCH3 is 1. The summed E-state index contributed by atoms with van der Waals surface area (Å²) in [7, 11) is 7.80. The summed E-state index contributed by atoms with van der Waals surface area (Å²) in [5.41, 5.74) is 0.947. The number of likely N-dealkylation sites (N-methyl/N-ethyl adjacent to an activating group) is 1. The summed E-state index contributed by atoms with van der Waals surface area (Å²) in [4.78, 5) is 13.4. The summed E-state index contributed by atoms with van der Waals surface area (Å²) < 4.78 is 7.33. The minimum Gasteiger partial charge on any atom is -0.378 e. The van der Waals surface area contributed by atoms with Crippen molar-refractivity contribution in [3.63, 3.8) is 0 Å². The van der Waals surface area contributed by atoms with Crippen LogP contribution in [-0.2, 0) is 18.2 Å². The Morgan fingerprint density at radius 1 is 1.36 bits per heavy atom. The molecule has 136 valence electrons. The molecular weight excluding hydrogens is 320 g/mol. The van der Waals surface area contributed by atoms with E-state index < -0.39 is 0 Å². The molecule has 2 atom stereocenters. The summed E-state index contributed by atoms with van der Waals surface area (Å²) in [5, 5.41) is 11.3. The van der Waals surface area contributed by atoms with Gasteiger partial charge in [0.15, 0.2) is 0 Å². The van der Waals surface area contributed by atoms with Crippen LogP contribution in [0.15, 0.2) is 18.5 Å². The normalized spacial score (nSPS) is 20.4. The van der Waals surface area contributed by atoms with E-state index in [0.29, 0.717) is 18.5 Å². The Kier molecular flexibility index (Phi) is 5.44. The van der Waals surface area contributed by atoms with Crippen LogP contribution in [0.5, 0.6) is 0 Å². The lowest BCUT2D eigenvalue weighted by Crippen LogP contribution is -2.39. The summed E-state index contributed by atoms with van der Waals surface area (Å²) in [6.45, 7) is 2.43. The second kappa shape index (κ2) is 7.75. The number of ether oxygens (including phenoxy) is 1. The molecule has 1 saturated heterocycles. The summed E-state index contributed by atoms with van der Waals surface area (Å²) in [5.74, 6) is 1.55. The zero-order chi connectivity index (χ0) is 17.8. The van der Waals surface area contributed by atoms with Gasteiger partial charge in [-0.25, -0.2) is 4.98 Å². The van der Waals surface area contributed by atoms with Crippen LogP contribution in [-0.4, -0.2) is 82.8 Å². The van der Waals surface area contributed by atoms with E-state index in [9.17, 15) is 0 Å². The Morgan fingerprint density at radius 2 is 2.20 bits per heavy atom. The molecule has 3 rings (SSSR count). The maximum Gasteiger partial charge on any atom is 0.224 e. The van der Waals surface area contributed by atoms with Crippen molar-refractivity contribution in [2.75, 3.05) is 51.1 Å². The van der Waals surface area contributed by atoms with Gasteiger partial charge in [0, 0.05) is 52.6 Å². The number of anilines is 2. The number of aromatic nitrogens is 5. The fraction of sp³-hybridized carbons (Fsp3) is 0.625. The maximum absolute atomic E-state index is 5.63. The van der Waals surface area contributed by atoms with Gasteiger partial charge in [0.2, 0.25) is 5.95 Å². The Bertz CT molecular complexity index is 688. The number of hydrogen-bond acceptors (Lipinski definition) is 8. The smallest absolute Gasteiger partial charge is 0.224 e. The second-order valence-electron chi connectivity index (χ2n) is 6.51. The highest BCUT2D eigenvalue weighted by molar-refractivity contribution is 5.44. The summed E-state index contributed by atoms with van der Waals surface area (Å²) in [6, 6.07) is 2.30. The largest absolute Gasteiger partial charge is 0.378 e. The van der Waals surface area contributed by atoms with Gasteiger partial charge in [-0.2, -0.15) is 4.98 Å². The second-order valence-corrected chi connectivity index (χ2v) is 6.51. The van der Waals surface area contributed by atoms with E-state index in [2.05, 4.69) is 49.5 Å². The Hall–Kier alpha value is -2.26. The summed E-state index contributed by atoms with van der Waals surface area (Å²) in [6.07, 6.45) is 4.66. The van der Waals surface area contributed by atoms with Gasteiger partial charge in [-0.1, -0.05) is 5.21 Å². The van der Waals surface area contributed by atoms with Crippen molar-refractivity contribution in [1.29, 1.82) is 0 Å². The first-order chi connectivity index (χ1) is 12.1. The molecule has 0 aliphatic carbocycles. The van der Waals surface area contributed by atoms with E-state index in [1.54, 1.807) is 18.0 Å². The highest BCUT2D eigenvalue weighted by Gasteiger charge is 2.34. The third-order valence-corrected chi connectivity index (χ3v) is 4.48. The average Bonchev–Trinajstić information content (AvgIpc) is 3.21. The number of hydrogen-bond donors (Lipinski definition) is 1. The summed E-state index contributed by atoms with van der Waals surface area (Å²) >= 11 is 0. The monoisotopic (exact) mass is 346 g/mol. The van der Waals surface area contributed by atoms with Crippen LogP contribution < -0.4 is 10.2 Å². The van der Waals surface area contributed by atoms with Crippen LogP contribution in [0, 0.1) is 0 Å². The molecule has 1 N–H and O–H groups in total. The van der Waals surface area contributed by atoms with Crippen LogP contribution in [0.1, 0.15) is 5.69 Å². The van der Waals surface area contributed by atoms with Gasteiger partial charge in [-0.15, -0.1) is 5.10 Å². The van der Waals surface area contributed by atoms with Crippen molar-refractivity contribution >= 4 is 11.8 Å². The molecule has 3 heterocycles. The van der Waals surface area contributed by atoms with Crippen molar-refractivity contribution in [2.45, 2.75) is 18.6 Å². The maximum atomic E-state index is 5.63. The van der Waals surface area contributed by atoms with E-state index in [4.69, 9.17) is 4.74 Å². The molecule has 0 bridgehead atoms. The van der Waals surface area contributed by atoms with Crippen molar-refractivity contribution in [3.05, 3.63) is 24.2 Å². The van der Waals surface area contributed by atoms with E-state index in [0.717, 1.165) is 31.0 Å². The van der Waals surface area contributed by atoms with Crippen LogP contribution >= 0.6 is 0 Å². The van der Waals surface area contributed by atoms with Gasteiger partial charge >= 0.3 is 0 Å². The van der Waals surface area contributed by atoms with Gasteiger partial charge in [0.05, 0.1) is 17.8 Å². The molecular formula is C16H26N8O.